The van der Waals surface area contributed by atoms with Gasteiger partial charge in [0, 0.05) is 21.9 Å². The van der Waals surface area contributed by atoms with Gasteiger partial charge in [-0.2, -0.15) is 9.83 Å². The molecule has 1 N–H and O–H groups in total. The molecule has 0 saturated carbocycles. The first kappa shape index (κ1) is 17.3. The van der Waals surface area contributed by atoms with Crippen LogP contribution in [0.15, 0.2) is 79.3 Å². The molecule has 4 heteroatoms. The number of benzene rings is 3. The van der Waals surface area contributed by atoms with Crippen LogP contribution in [0.5, 0.6) is 0 Å². The first-order valence-corrected chi connectivity index (χ1v) is 9.90. The molecule has 0 spiro atoms. The van der Waals surface area contributed by atoms with Gasteiger partial charge >= 0.3 is 0 Å². The summed E-state index contributed by atoms with van der Waals surface area (Å²) in [6.07, 6.45) is 5.42. The second-order valence-corrected chi connectivity index (χ2v) is 7.30. The minimum Gasteiger partial charge on any atom is -0.351 e. The molecule has 5 aromatic rings. The summed E-state index contributed by atoms with van der Waals surface area (Å²) in [6, 6.07) is 24.8. The summed E-state index contributed by atoms with van der Waals surface area (Å²) in [4.78, 5) is 3.61. The Labute approximate surface area is 169 Å². The van der Waals surface area contributed by atoms with E-state index in [2.05, 4.69) is 82.1 Å². The summed E-state index contributed by atoms with van der Waals surface area (Å²) in [5.74, 6) is 0. The van der Waals surface area contributed by atoms with Gasteiger partial charge in [0.1, 0.15) is 6.20 Å². The highest BCUT2D eigenvalue weighted by Gasteiger charge is 2.20. The molecule has 0 fully saturated rings. The lowest BCUT2D eigenvalue weighted by Gasteiger charge is -2.03. The van der Waals surface area contributed by atoms with Crippen LogP contribution in [0.1, 0.15) is 18.9 Å². The molecular weight excluding hydrogens is 356 g/mol. The third-order valence-electron chi connectivity index (χ3n) is 5.38. The molecule has 0 radical (unpaired) electrons. The number of aromatic nitrogens is 3. The Kier molecular flexibility index (Phi) is 4.14. The van der Waals surface area contributed by atoms with E-state index in [1.165, 1.54) is 10.8 Å². The van der Waals surface area contributed by atoms with Crippen LogP contribution in [0.25, 0.3) is 38.8 Å². The molecule has 0 aliphatic heterocycles. The molecule has 3 aromatic carbocycles. The maximum absolute atomic E-state index is 9.13. The summed E-state index contributed by atoms with van der Waals surface area (Å²) in [6.45, 7) is 3.14. The van der Waals surface area contributed by atoms with Crippen LogP contribution in [0.3, 0.4) is 0 Å². The van der Waals surface area contributed by atoms with Crippen LogP contribution in [0.2, 0.25) is 0 Å². The van der Waals surface area contributed by atoms with Crippen molar-refractivity contribution in [1.29, 1.82) is 5.26 Å². The molecular formula is C25H21N4+. The van der Waals surface area contributed by atoms with Crippen molar-refractivity contribution in [2.24, 2.45) is 0 Å². The summed E-state index contributed by atoms with van der Waals surface area (Å²) in [7, 11) is 0. The Morgan fingerprint density at radius 3 is 2.55 bits per heavy atom. The lowest BCUT2D eigenvalue weighted by atomic mass is 10.1. The van der Waals surface area contributed by atoms with E-state index in [0.717, 1.165) is 40.9 Å². The van der Waals surface area contributed by atoms with E-state index in [-0.39, 0.29) is 0 Å². The van der Waals surface area contributed by atoms with Gasteiger partial charge in [-0.25, -0.2) is 4.57 Å². The van der Waals surface area contributed by atoms with Crippen LogP contribution in [-0.4, -0.2) is 9.55 Å². The topological polar surface area (TPSA) is 48.4 Å². The molecule has 4 nitrogen and oxygen atoms in total. The predicted octanol–water partition coefficient (Wildman–Crippen LogP) is 5.35. The number of nitrogens with zero attached hydrogens (tertiary/aromatic N) is 3. The van der Waals surface area contributed by atoms with Crippen molar-refractivity contribution < 1.29 is 4.57 Å². The lowest BCUT2D eigenvalue weighted by molar-refractivity contribution is -0.695. The smallest absolute Gasteiger partial charge is 0.249 e. The van der Waals surface area contributed by atoms with Gasteiger partial charge in [-0.15, -0.1) is 0 Å². The number of imidazole rings is 1. The SMILES string of the molecule is CCC[n+]1cc(-c2ccc(C#N)cc2)n(-c2cccc3c2[nH]c2ccccc23)c1. The molecule has 2 aromatic heterocycles. The van der Waals surface area contributed by atoms with Crippen molar-refractivity contribution in [2.75, 3.05) is 0 Å². The maximum Gasteiger partial charge on any atom is 0.249 e. The van der Waals surface area contributed by atoms with Crippen molar-refractivity contribution >= 4 is 21.8 Å². The number of hydrogen-bond donors (Lipinski definition) is 1. The average molecular weight is 377 g/mol. The lowest BCUT2D eigenvalue weighted by Crippen LogP contribution is -2.30. The van der Waals surface area contributed by atoms with Crippen molar-refractivity contribution in [1.82, 2.24) is 9.55 Å². The summed E-state index contributed by atoms with van der Waals surface area (Å²) in [5.41, 5.74) is 6.26. The van der Waals surface area contributed by atoms with Gasteiger partial charge in [0.05, 0.1) is 23.7 Å². The van der Waals surface area contributed by atoms with E-state index in [0.29, 0.717) is 5.56 Å². The zero-order chi connectivity index (χ0) is 19.8. The van der Waals surface area contributed by atoms with Crippen LogP contribution >= 0.6 is 0 Å². The molecule has 0 aliphatic rings. The minimum absolute atomic E-state index is 0.672. The number of hydrogen-bond acceptors (Lipinski definition) is 1. The van der Waals surface area contributed by atoms with Gasteiger partial charge in [0.2, 0.25) is 6.33 Å². The molecule has 29 heavy (non-hydrogen) atoms. The number of rotatable bonds is 4. The molecule has 140 valence electrons. The molecule has 0 bridgehead atoms. The van der Waals surface area contributed by atoms with Gasteiger partial charge in [0.15, 0.2) is 11.4 Å². The van der Waals surface area contributed by atoms with Crippen LogP contribution in [0.4, 0.5) is 0 Å². The number of aromatic amines is 1. The first-order valence-electron chi connectivity index (χ1n) is 9.90. The van der Waals surface area contributed by atoms with E-state index < -0.39 is 0 Å². The van der Waals surface area contributed by atoms with E-state index in [1.807, 2.05) is 24.3 Å². The normalized spacial score (nSPS) is 11.2. The summed E-state index contributed by atoms with van der Waals surface area (Å²) in [5, 5.41) is 11.6. The molecule has 2 heterocycles. The highest BCUT2D eigenvalue weighted by Crippen LogP contribution is 2.31. The van der Waals surface area contributed by atoms with E-state index in [4.69, 9.17) is 5.26 Å². The Hall–Kier alpha value is -3.84. The fourth-order valence-corrected chi connectivity index (χ4v) is 4.02. The van der Waals surface area contributed by atoms with Crippen molar-refractivity contribution in [3.63, 3.8) is 0 Å². The van der Waals surface area contributed by atoms with Crippen LogP contribution in [-0.2, 0) is 6.54 Å². The average Bonchev–Trinajstić information content (AvgIpc) is 3.35. The van der Waals surface area contributed by atoms with Crippen molar-refractivity contribution in [3.05, 3.63) is 84.8 Å². The number of fused-ring (bicyclic) bond motifs is 3. The molecule has 0 atom stereocenters. The largest absolute Gasteiger partial charge is 0.351 e. The Morgan fingerprint density at radius 2 is 1.76 bits per heavy atom. The van der Waals surface area contributed by atoms with Crippen LogP contribution < -0.4 is 4.57 Å². The zero-order valence-corrected chi connectivity index (χ0v) is 16.3. The van der Waals surface area contributed by atoms with Crippen molar-refractivity contribution in [3.8, 4) is 23.0 Å². The van der Waals surface area contributed by atoms with Crippen LogP contribution in [0, 0.1) is 11.3 Å². The third-order valence-corrected chi connectivity index (χ3v) is 5.38. The highest BCUT2D eigenvalue weighted by molar-refractivity contribution is 6.09. The minimum atomic E-state index is 0.672. The molecule has 0 unspecified atom stereocenters. The summed E-state index contributed by atoms with van der Waals surface area (Å²) < 4.78 is 4.48. The quantitative estimate of drug-likeness (QED) is 0.422. The number of H-pyrrole nitrogens is 1. The Bertz CT molecular complexity index is 1360. The zero-order valence-electron chi connectivity index (χ0n) is 16.3. The van der Waals surface area contributed by atoms with Gasteiger partial charge in [-0.1, -0.05) is 37.3 Å². The number of para-hydroxylation sites is 2. The molecule has 0 aliphatic carbocycles. The Balaban J connectivity index is 1.76. The number of nitriles is 1. The maximum atomic E-state index is 9.13. The fourth-order valence-electron chi connectivity index (χ4n) is 4.02. The van der Waals surface area contributed by atoms with E-state index >= 15 is 0 Å². The van der Waals surface area contributed by atoms with Crippen molar-refractivity contribution in [2.45, 2.75) is 19.9 Å². The molecule has 0 amide bonds. The second kappa shape index (κ2) is 6.96. The van der Waals surface area contributed by atoms with Gasteiger partial charge in [0.25, 0.3) is 0 Å². The monoisotopic (exact) mass is 377 g/mol. The highest BCUT2D eigenvalue weighted by atomic mass is 15.1. The predicted molar refractivity (Wildman–Crippen MR) is 116 cm³/mol. The van der Waals surface area contributed by atoms with Gasteiger partial charge in [-0.3, -0.25) is 0 Å². The number of nitrogens with one attached hydrogen (secondary N) is 1. The standard InChI is InChI=1S/C25H21N4/c1-2-14-28-16-24(19-12-10-18(15-26)11-13-19)29(17-28)23-9-5-7-21-20-6-3-4-8-22(20)27-25(21)23/h3-13,16-17,27H,2,14H2,1H3/q+1. The Morgan fingerprint density at radius 1 is 0.966 bits per heavy atom. The van der Waals surface area contributed by atoms with Gasteiger partial charge in [-0.05, 0) is 42.8 Å². The van der Waals surface area contributed by atoms with E-state index in [9.17, 15) is 0 Å². The molecule has 0 saturated heterocycles. The van der Waals surface area contributed by atoms with E-state index in [1.54, 1.807) is 0 Å². The van der Waals surface area contributed by atoms with Gasteiger partial charge < -0.3 is 4.98 Å². The number of aryl methyl sites for hydroxylation is 1. The molecule has 5 rings (SSSR count). The third kappa shape index (κ3) is 2.88. The first-order chi connectivity index (χ1) is 14.3. The fraction of sp³-hybridized carbons (Fsp3) is 0.120. The second-order valence-electron chi connectivity index (χ2n) is 7.30. The summed E-state index contributed by atoms with van der Waals surface area (Å²) >= 11 is 0.